The lowest BCUT2D eigenvalue weighted by molar-refractivity contribution is -0.135. The van der Waals surface area contributed by atoms with Crippen molar-refractivity contribution in [3.8, 4) is 5.88 Å². The first-order valence-corrected chi connectivity index (χ1v) is 6.65. The Morgan fingerprint density at radius 2 is 1.74 bits per heavy atom. The lowest BCUT2D eigenvalue weighted by Crippen LogP contribution is -2.40. The van der Waals surface area contributed by atoms with E-state index in [0.717, 1.165) is 9.13 Å². The Balaban J connectivity index is 2.81. The lowest BCUT2D eigenvalue weighted by Gasteiger charge is -2.12. The molecule has 0 amide bonds. The van der Waals surface area contributed by atoms with Gasteiger partial charge in [-0.3, -0.25) is 23.7 Å². The predicted octanol–water partition coefficient (Wildman–Crippen LogP) is -0.288. The summed E-state index contributed by atoms with van der Waals surface area (Å²) in [5, 5.41) is 19.0. The molecule has 1 aromatic carbocycles. The van der Waals surface area contributed by atoms with E-state index >= 15 is 0 Å². The number of aliphatic carboxylic acids is 1. The third-order valence-electron chi connectivity index (χ3n) is 3.29. The average molecular weight is 317 g/mol. The Kier molecular flexibility index (Phi) is 4.44. The number of carboxylic acids is 1. The molecule has 1 heterocycles. The number of aromatic nitrogens is 2. The minimum Gasteiger partial charge on any atom is -0.494 e. The molecule has 2 N–H and O–H groups in total. The summed E-state index contributed by atoms with van der Waals surface area (Å²) in [6, 6.07) is 8.39. The second-order valence-corrected chi connectivity index (χ2v) is 4.83. The molecule has 0 unspecified atom stereocenters. The molecule has 2 aromatic rings. The van der Waals surface area contributed by atoms with Gasteiger partial charge in [0.25, 0.3) is 5.56 Å². The van der Waals surface area contributed by atoms with E-state index < -0.39 is 29.6 Å². The van der Waals surface area contributed by atoms with Crippen LogP contribution in [0.2, 0.25) is 0 Å². The fourth-order valence-electron chi connectivity index (χ4n) is 2.10. The number of carbonyl (C=O) groups is 1. The van der Waals surface area contributed by atoms with E-state index in [1.807, 2.05) is 0 Å². The van der Waals surface area contributed by atoms with Crippen molar-refractivity contribution in [1.82, 2.24) is 9.13 Å². The van der Waals surface area contributed by atoms with E-state index in [9.17, 15) is 19.5 Å². The largest absolute Gasteiger partial charge is 0.494 e. The third-order valence-corrected chi connectivity index (χ3v) is 3.29. The average Bonchev–Trinajstić information content (AvgIpc) is 2.54. The van der Waals surface area contributed by atoms with Gasteiger partial charge in [0.1, 0.15) is 12.1 Å². The highest BCUT2D eigenvalue weighted by Crippen LogP contribution is 2.16. The van der Waals surface area contributed by atoms with Crippen LogP contribution in [0.5, 0.6) is 5.88 Å². The summed E-state index contributed by atoms with van der Waals surface area (Å²) in [7, 11) is 2.58. The molecule has 23 heavy (non-hydrogen) atoms. The number of hydrogen-bond donors (Lipinski definition) is 2. The van der Waals surface area contributed by atoms with Gasteiger partial charge in [0.2, 0.25) is 5.88 Å². The summed E-state index contributed by atoms with van der Waals surface area (Å²) >= 11 is 0. The van der Waals surface area contributed by atoms with Gasteiger partial charge in [-0.1, -0.05) is 30.3 Å². The molecule has 1 aromatic heterocycles. The number of benzene rings is 1. The number of aromatic hydroxyl groups is 1. The Hall–Kier alpha value is -3.16. The minimum atomic E-state index is -1.18. The van der Waals surface area contributed by atoms with E-state index in [-0.39, 0.29) is 11.3 Å². The highest BCUT2D eigenvalue weighted by molar-refractivity contribution is 6.14. The molecule has 0 spiro atoms. The van der Waals surface area contributed by atoms with Crippen molar-refractivity contribution in [2.75, 3.05) is 6.54 Å². The van der Waals surface area contributed by atoms with Crippen LogP contribution in [0.25, 0.3) is 0 Å². The molecule has 0 saturated heterocycles. The second kappa shape index (κ2) is 6.30. The van der Waals surface area contributed by atoms with E-state index in [4.69, 9.17) is 5.11 Å². The molecule has 8 nitrogen and oxygen atoms in total. The summed E-state index contributed by atoms with van der Waals surface area (Å²) in [6.45, 7) is -0.574. The van der Waals surface area contributed by atoms with Crippen molar-refractivity contribution in [2.45, 2.75) is 0 Å². The van der Waals surface area contributed by atoms with Crippen LogP contribution in [-0.2, 0) is 18.9 Å². The molecule has 0 fully saturated rings. The maximum Gasteiger partial charge on any atom is 0.333 e. The second-order valence-electron chi connectivity index (χ2n) is 4.83. The molecule has 8 heteroatoms. The number of hydrogen-bond acceptors (Lipinski definition) is 5. The first kappa shape index (κ1) is 16.2. The quantitative estimate of drug-likeness (QED) is 0.752. The van der Waals surface area contributed by atoms with Crippen LogP contribution in [0, 0.1) is 0 Å². The zero-order valence-corrected chi connectivity index (χ0v) is 12.6. The molecular formula is C15H15N3O5. The van der Waals surface area contributed by atoms with E-state index in [0.29, 0.717) is 5.56 Å². The fraction of sp³-hybridized carbons (Fsp3) is 0.200. The van der Waals surface area contributed by atoms with Gasteiger partial charge >= 0.3 is 11.7 Å². The molecule has 120 valence electrons. The molecule has 0 aliphatic rings. The zero-order chi connectivity index (χ0) is 17.1. The first-order valence-electron chi connectivity index (χ1n) is 6.65. The van der Waals surface area contributed by atoms with Crippen LogP contribution in [-0.4, -0.2) is 37.6 Å². The standard InChI is InChI=1S/C15H15N3O5/c1-17-13(21)11(14(22)18(2)15(17)23)12(16-8-10(19)20)9-6-4-3-5-7-9/h3-7,21H,8H2,1-2H3,(H,19,20). The highest BCUT2D eigenvalue weighted by Gasteiger charge is 2.21. The van der Waals surface area contributed by atoms with Gasteiger partial charge in [-0.05, 0) is 0 Å². The van der Waals surface area contributed by atoms with Gasteiger partial charge in [-0.2, -0.15) is 0 Å². The molecule has 0 bridgehead atoms. The van der Waals surface area contributed by atoms with Crippen LogP contribution in [0.3, 0.4) is 0 Å². The molecule has 2 rings (SSSR count). The monoisotopic (exact) mass is 317 g/mol. The van der Waals surface area contributed by atoms with Gasteiger partial charge in [0.15, 0.2) is 0 Å². The van der Waals surface area contributed by atoms with Crippen molar-refractivity contribution in [2.24, 2.45) is 19.1 Å². The first-order chi connectivity index (χ1) is 10.8. The SMILES string of the molecule is Cn1c(O)c(C(=NCC(=O)O)c2ccccc2)c(=O)n(C)c1=O. The van der Waals surface area contributed by atoms with Crippen LogP contribution < -0.4 is 11.2 Å². The van der Waals surface area contributed by atoms with Crippen molar-refractivity contribution in [3.63, 3.8) is 0 Å². The Labute approximate surface area is 130 Å². The van der Waals surface area contributed by atoms with Gasteiger partial charge in [-0.25, -0.2) is 4.79 Å². The van der Waals surface area contributed by atoms with E-state index in [1.165, 1.54) is 14.1 Å². The van der Waals surface area contributed by atoms with Crippen molar-refractivity contribution in [1.29, 1.82) is 0 Å². The summed E-state index contributed by atoms with van der Waals surface area (Å²) < 4.78 is 1.73. The number of nitrogens with zero attached hydrogens (tertiary/aromatic N) is 3. The maximum atomic E-state index is 12.4. The molecular weight excluding hydrogens is 302 g/mol. The third kappa shape index (κ3) is 3.05. The predicted molar refractivity (Wildman–Crippen MR) is 83.2 cm³/mol. The summed E-state index contributed by atoms with van der Waals surface area (Å²) in [5.41, 5.74) is -1.19. The van der Waals surface area contributed by atoms with Crippen molar-refractivity contribution >= 4 is 11.7 Å². The minimum absolute atomic E-state index is 0.0155. The van der Waals surface area contributed by atoms with Crippen LogP contribution in [0.4, 0.5) is 0 Å². The topological polar surface area (TPSA) is 114 Å². The number of carboxylic acid groups (broad SMARTS) is 1. The molecule has 0 radical (unpaired) electrons. The van der Waals surface area contributed by atoms with Crippen LogP contribution in [0.1, 0.15) is 11.1 Å². The zero-order valence-electron chi connectivity index (χ0n) is 12.6. The Bertz CT molecular complexity index is 894. The van der Waals surface area contributed by atoms with Crippen LogP contribution in [0.15, 0.2) is 44.9 Å². The Morgan fingerprint density at radius 1 is 1.13 bits per heavy atom. The molecule has 0 aliphatic carbocycles. The lowest BCUT2D eigenvalue weighted by atomic mass is 10.0. The smallest absolute Gasteiger partial charge is 0.333 e. The fourth-order valence-corrected chi connectivity index (χ4v) is 2.10. The number of aliphatic imine (C=N–C) groups is 1. The van der Waals surface area contributed by atoms with Gasteiger partial charge in [-0.15, -0.1) is 0 Å². The van der Waals surface area contributed by atoms with Gasteiger partial charge in [0, 0.05) is 19.7 Å². The summed E-state index contributed by atoms with van der Waals surface area (Å²) in [6.07, 6.45) is 0. The van der Waals surface area contributed by atoms with Gasteiger partial charge < -0.3 is 10.2 Å². The molecule has 0 saturated carbocycles. The summed E-state index contributed by atoms with van der Waals surface area (Å²) in [4.78, 5) is 38.9. The normalized spacial score (nSPS) is 11.5. The summed E-state index contributed by atoms with van der Waals surface area (Å²) in [5.74, 6) is -1.74. The van der Waals surface area contributed by atoms with Crippen LogP contribution >= 0.6 is 0 Å². The van der Waals surface area contributed by atoms with Crippen molar-refractivity contribution < 1.29 is 15.0 Å². The maximum absolute atomic E-state index is 12.4. The molecule has 0 aliphatic heterocycles. The van der Waals surface area contributed by atoms with E-state index in [1.54, 1.807) is 30.3 Å². The number of rotatable bonds is 4. The Morgan fingerprint density at radius 3 is 2.30 bits per heavy atom. The van der Waals surface area contributed by atoms with Gasteiger partial charge in [0.05, 0.1) is 5.71 Å². The molecule has 0 atom stereocenters. The van der Waals surface area contributed by atoms with E-state index in [2.05, 4.69) is 4.99 Å². The highest BCUT2D eigenvalue weighted by atomic mass is 16.4. The van der Waals surface area contributed by atoms with Crippen molar-refractivity contribution in [3.05, 3.63) is 62.3 Å².